The summed E-state index contributed by atoms with van der Waals surface area (Å²) in [5.41, 5.74) is 25.0. The number of hydrogen-bond acceptors (Lipinski definition) is 30. The molecule has 0 bridgehead atoms. The average Bonchev–Trinajstić information content (AvgIpc) is 0.856. The lowest BCUT2D eigenvalue weighted by Crippen LogP contribution is -2.63. The predicted molar refractivity (Wildman–Crippen MR) is 531 cm³/mol. The third-order valence-corrected chi connectivity index (χ3v) is 23.0. The number of carbonyl (C=O) groups excluding carboxylic acids is 7. The van der Waals surface area contributed by atoms with E-state index in [1.165, 1.54) is 81.9 Å². The van der Waals surface area contributed by atoms with Crippen molar-refractivity contribution >= 4 is 82.2 Å². The van der Waals surface area contributed by atoms with Gasteiger partial charge in [-0.15, -0.1) is 11.6 Å². The first-order valence-electron chi connectivity index (χ1n) is 49.0. The molecule has 2 rings (SSSR count). The van der Waals surface area contributed by atoms with E-state index in [1.807, 2.05) is 6.08 Å². The zero-order valence-corrected chi connectivity index (χ0v) is 83.2. The van der Waals surface area contributed by atoms with E-state index in [2.05, 4.69) is 52.0 Å². The smallest absolute Gasteiger partial charge is 0.337 e. The summed E-state index contributed by atoms with van der Waals surface area (Å²) in [5.74, 6) is -10.2. The van der Waals surface area contributed by atoms with E-state index in [9.17, 15) is 119 Å². The minimum Gasteiger partial charge on any atom is -0.508 e. The first-order valence-corrected chi connectivity index (χ1v) is 49.5. The molecular weight excluding hydrogens is 1810 g/mol. The monoisotopic (exact) mass is 1990 g/mol. The number of carboxylic acids is 5. The standard InChI is InChI=1S/C31H45NO10.C21H39NO6.C20H39NO6.C19H36N2O5.C4H8ClNO.C4H8N2O.CH4/c1-2-3-4-7-10-13-23(33)14-11-8-5-6-9-12-15-25(31(42,30(40)41)21-27(35)36)28(37)32-26(29(38)39)20-22-16-18-24(34)19-17-22;1-2-3-4-10-13-17(24)14-11-8-6-5-7-9-12-15-18(25)19(26)21(22,16-23)20(27)28;1-2-3-4-9-12-15(22)13-10-7-5-6-8-11-14-16(23)18(24)19(25)17(21)20(26)27;1-15(2)8-7-11-16(23)9-5-3-4-6-10-17(24)12-13-21(26)19(25)18(20)14-22;1-3(7)4(6)2-5;1-3-4(5)2-7-6-3;/h12,15-19,25-26,34,42H,2-11,13-14,20-21H2,1H3,(H,32,37)(H,35,36)(H,38,39)(H,40,41);9,12,18-19,23,25-26H,2-8,10-11,13-16,22H2,1H3,(H,27,28);11,14-19,22-25H,2-10,12-13,21H2,1H3,(H,26,27);15,18,22,26H,3-14,20H2,1-2H3;4H,2,6H2,1H3;4,6H,1-2,5H2;1H4/b15-12+;12-9+;14-11+;;;;/t25-,26+,31+;;15-,16+,17+,18-,19-;;;4-;/m1.1..0./s1. The molecule has 138 heavy (non-hydrogen) atoms. The number of aliphatic carboxylic acids is 5. The predicted octanol–water partition coefficient (Wildman–Crippen LogP) is 10.6. The van der Waals surface area contributed by atoms with E-state index in [0.717, 1.165) is 185 Å². The number of rotatable bonds is 76. The molecule has 0 saturated carbocycles. The number of aromatic hydroxyl groups is 1. The van der Waals surface area contributed by atoms with E-state index in [4.69, 9.17) is 65.5 Å². The second-order valence-corrected chi connectivity index (χ2v) is 35.9. The SMILES string of the molecule is C.C=C1NOC[C@@H]1N.CC(=O)C(N)CCl.CC(C)CCCC(=O)CCCCCCC(=O)CCN(O)C(=O)C(N)CO.CCCCCCC(=O)CCCCCC/C=C/CC(O)C(O)C(N)(CO)C(=O)O.CCCCCCCC(=O)CCCCCC/C=C/[C@H](C(=O)N[C@@H](Cc1ccc(O)cc1)C(=O)O)[C@@](O)(CC(=O)O)C(=O)O.CCCCCC[C@@H](O)CCCCCC/C=C/[C@H](O)[C@@H](O)[C@H](O)[C@H](N)C(=O)O. The Labute approximate surface area is 824 Å². The van der Waals surface area contributed by atoms with Crippen LogP contribution < -0.4 is 39.5 Å². The normalized spacial score (nSPS) is 15.5. The fraction of sp³-hybridized carbons (Fsp3) is 0.740. The Balaban J connectivity index is -0.000000550. The van der Waals surface area contributed by atoms with Crippen molar-refractivity contribution in [2.75, 3.05) is 32.2 Å². The second-order valence-electron chi connectivity index (χ2n) is 35.6. The number of ketones is 5. The molecule has 1 aromatic carbocycles. The fourth-order valence-electron chi connectivity index (χ4n) is 13.4. The topological polar surface area (TPSA) is 695 Å². The molecule has 1 heterocycles. The van der Waals surface area contributed by atoms with Crippen LogP contribution in [0.3, 0.4) is 0 Å². The second kappa shape index (κ2) is 86.9. The third-order valence-electron chi connectivity index (χ3n) is 22.6. The van der Waals surface area contributed by atoms with Crippen LogP contribution in [0.4, 0.5) is 0 Å². The number of halogens is 1. The molecule has 37 nitrogen and oxygen atoms in total. The van der Waals surface area contributed by atoms with Crippen LogP contribution in [0.5, 0.6) is 5.75 Å². The van der Waals surface area contributed by atoms with Crippen molar-refractivity contribution in [2.45, 2.75) is 429 Å². The molecule has 1 aliphatic heterocycles. The molecular formula is C100H179ClN8O29. The van der Waals surface area contributed by atoms with Crippen LogP contribution in [0.2, 0.25) is 0 Å². The van der Waals surface area contributed by atoms with Crippen molar-refractivity contribution in [3.63, 3.8) is 0 Å². The molecule has 0 aromatic heterocycles. The van der Waals surface area contributed by atoms with Gasteiger partial charge in [0.05, 0.1) is 63.0 Å². The first-order chi connectivity index (χ1) is 64.8. The van der Waals surface area contributed by atoms with Gasteiger partial charge in [-0.2, -0.15) is 0 Å². The Bertz CT molecular complexity index is 3550. The van der Waals surface area contributed by atoms with Gasteiger partial charge in [0, 0.05) is 69.4 Å². The fourth-order valence-corrected chi connectivity index (χ4v) is 13.6. The Morgan fingerprint density at radius 1 is 0.565 bits per heavy atom. The van der Waals surface area contributed by atoms with Crippen molar-refractivity contribution in [3.8, 4) is 5.75 Å². The highest BCUT2D eigenvalue weighted by Crippen LogP contribution is 2.27. The van der Waals surface area contributed by atoms with E-state index in [1.54, 1.807) is 12.2 Å². The molecule has 1 aliphatic rings. The third kappa shape index (κ3) is 72.3. The Hall–Kier alpha value is -7.93. The summed E-state index contributed by atoms with van der Waals surface area (Å²) in [6.07, 6.45) is 38.7. The number of phenols is 1. The number of nitrogens with one attached hydrogen (secondary N) is 2. The van der Waals surface area contributed by atoms with Gasteiger partial charge in [-0.3, -0.25) is 63.5 Å². The molecule has 5 unspecified atom stereocenters. The summed E-state index contributed by atoms with van der Waals surface area (Å²) < 4.78 is 0. The van der Waals surface area contributed by atoms with Crippen molar-refractivity contribution in [1.29, 1.82) is 0 Å². The number of Topliss-reactive ketones (excluding diaryl/α,β-unsaturated/α-hetero) is 5. The highest BCUT2D eigenvalue weighted by molar-refractivity contribution is 6.19. The van der Waals surface area contributed by atoms with Gasteiger partial charge in [-0.05, 0) is 133 Å². The minimum atomic E-state index is -3.02. The van der Waals surface area contributed by atoms with Gasteiger partial charge in [0.15, 0.2) is 11.1 Å². The maximum absolute atomic E-state index is 13.1. The molecule has 0 spiro atoms. The lowest BCUT2D eigenvalue weighted by Gasteiger charge is -2.30. The number of alkyl halides is 1. The van der Waals surface area contributed by atoms with Crippen LogP contribution in [0.25, 0.3) is 0 Å². The van der Waals surface area contributed by atoms with Gasteiger partial charge in [0.1, 0.15) is 77.2 Å². The maximum Gasteiger partial charge on any atom is 0.337 e. The number of allylic oxidation sites excluding steroid dienone is 3. The van der Waals surface area contributed by atoms with Crippen LogP contribution in [-0.2, 0) is 68.8 Å². The zero-order chi connectivity index (χ0) is 105. The summed E-state index contributed by atoms with van der Waals surface area (Å²) >= 11 is 5.20. The molecule has 1 aromatic rings. The zero-order valence-electron chi connectivity index (χ0n) is 82.4. The summed E-state index contributed by atoms with van der Waals surface area (Å²) in [7, 11) is 0. The number of nitrogens with zero attached hydrogens (tertiary/aromatic N) is 1. The molecule has 2 amide bonds. The van der Waals surface area contributed by atoms with Gasteiger partial charge in [0.25, 0.3) is 5.91 Å². The summed E-state index contributed by atoms with van der Waals surface area (Å²) in [4.78, 5) is 143. The summed E-state index contributed by atoms with van der Waals surface area (Å²) in [6.45, 7) is 14.7. The number of carboxylic acid groups (broad SMARTS) is 5. The Morgan fingerprint density at radius 3 is 1.36 bits per heavy atom. The molecule has 28 N–H and O–H groups in total. The van der Waals surface area contributed by atoms with Gasteiger partial charge < -0.3 is 111 Å². The van der Waals surface area contributed by atoms with Gasteiger partial charge >= 0.3 is 29.8 Å². The van der Waals surface area contributed by atoms with Crippen LogP contribution in [0.1, 0.15) is 350 Å². The number of carbonyl (C=O) groups is 12. The van der Waals surface area contributed by atoms with Crippen molar-refractivity contribution in [3.05, 3.63) is 78.6 Å². The largest absolute Gasteiger partial charge is 0.508 e. The van der Waals surface area contributed by atoms with E-state index in [-0.39, 0.29) is 74.4 Å². The lowest BCUT2D eigenvalue weighted by molar-refractivity contribution is -0.172. The highest BCUT2D eigenvalue weighted by Gasteiger charge is 2.50. The minimum absolute atomic E-state index is 0. The first kappa shape index (κ1) is 139. The average molecular weight is 1990 g/mol. The number of benzene rings is 1. The summed E-state index contributed by atoms with van der Waals surface area (Å²) in [5, 5.41) is 155. The van der Waals surface area contributed by atoms with E-state index < -0.39 is 133 Å². The molecule has 14 atom stereocenters. The number of nitrogens with two attached hydrogens (primary N) is 5. The quantitative estimate of drug-likeness (QED) is 0.00947. The van der Waals surface area contributed by atoms with Crippen molar-refractivity contribution < 1.29 is 144 Å². The number of amides is 2. The Kier molecular flexibility index (Phi) is 87.2. The van der Waals surface area contributed by atoms with Crippen LogP contribution >= 0.6 is 11.6 Å². The van der Waals surface area contributed by atoms with Crippen LogP contribution in [0, 0.1) is 11.8 Å². The number of aliphatic hydroxyl groups excluding tert-OH is 8. The van der Waals surface area contributed by atoms with Crippen LogP contribution in [-0.4, -0.2) is 268 Å². The van der Waals surface area contributed by atoms with Gasteiger partial charge in [-0.25, -0.2) is 14.7 Å². The van der Waals surface area contributed by atoms with E-state index >= 15 is 0 Å². The molecule has 1 saturated heterocycles. The van der Waals surface area contributed by atoms with Crippen molar-refractivity contribution in [2.24, 2.45) is 40.5 Å². The van der Waals surface area contributed by atoms with Gasteiger partial charge in [0.2, 0.25) is 5.91 Å². The van der Waals surface area contributed by atoms with Crippen molar-refractivity contribution in [1.82, 2.24) is 15.9 Å². The Morgan fingerprint density at radius 2 is 0.986 bits per heavy atom. The van der Waals surface area contributed by atoms with E-state index in [0.29, 0.717) is 98.9 Å². The lowest BCUT2D eigenvalue weighted by atomic mass is 9.82. The molecule has 1 fully saturated rings. The van der Waals surface area contributed by atoms with Gasteiger partial charge in [-0.1, -0.05) is 232 Å². The molecule has 800 valence electrons. The molecule has 0 aliphatic carbocycles. The number of hydrogen-bond donors (Lipinski definition) is 23. The molecule has 0 radical (unpaired) electrons. The number of unbranched alkanes of at least 4 members (excludes halogenated alkanes) is 25. The number of hydroxylamine groups is 3. The number of phenolic OH excluding ortho intramolecular Hbond substituents is 1. The summed E-state index contributed by atoms with van der Waals surface area (Å²) in [6, 6.07) is 0.778. The maximum atomic E-state index is 13.1. The highest BCUT2D eigenvalue weighted by atomic mass is 35.5. The van der Waals surface area contributed by atoms with Crippen LogP contribution in [0.15, 0.2) is 73.0 Å². The molecule has 38 heteroatoms. The number of aliphatic hydroxyl groups is 9.